The number of phenolic OH excluding ortho intramolecular Hbond substituents is 1. The van der Waals surface area contributed by atoms with Gasteiger partial charge in [0, 0.05) is 12.4 Å². The summed E-state index contributed by atoms with van der Waals surface area (Å²) < 4.78 is 7.58. The van der Waals surface area contributed by atoms with Crippen molar-refractivity contribution in [1.82, 2.24) is 4.68 Å². The quantitative estimate of drug-likeness (QED) is 0.912. The third kappa shape index (κ3) is 2.74. The maximum atomic E-state index is 9.68. The van der Waals surface area contributed by atoms with Gasteiger partial charge in [-0.1, -0.05) is 0 Å². The van der Waals surface area contributed by atoms with Crippen molar-refractivity contribution < 1.29 is 9.84 Å². The van der Waals surface area contributed by atoms with Crippen molar-refractivity contribution in [3.63, 3.8) is 0 Å². The van der Waals surface area contributed by atoms with Crippen LogP contribution in [0.4, 0.5) is 0 Å². The molecule has 2 rings (SSSR count). The van der Waals surface area contributed by atoms with E-state index in [4.69, 9.17) is 4.74 Å². The van der Waals surface area contributed by atoms with Gasteiger partial charge in [-0.3, -0.25) is 4.68 Å². The first-order valence-corrected chi connectivity index (χ1v) is 5.92. The summed E-state index contributed by atoms with van der Waals surface area (Å²) in [5, 5.41) is 9.68. The Morgan fingerprint density at radius 1 is 1.35 bits per heavy atom. The zero-order valence-corrected chi connectivity index (χ0v) is 10.9. The molecule has 0 aliphatic heterocycles. The van der Waals surface area contributed by atoms with Crippen LogP contribution in [0.2, 0.25) is 0 Å². The Morgan fingerprint density at radius 3 is 2.71 bits per heavy atom. The van der Waals surface area contributed by atoms with Crippen LogP contribution in [0.25, 0.3) is 0 Å². The lowest BCUT2D eigenvalue weighted by atomic mass is 10.2. The molecular formula is C12H13BrN2O2. The van der Waals surface area contributed by atoms with Gasteiger partial charge in [-0.2, -0.15) is 0 Å². The van der Waals surface area contributed by atoms with Crippen LogP contribution in [-0.4, -0.2) is 16.9 Å². The van der Waals surface area contributed by atoms with Gasteiger partial charge in [0.2, 0.25) is 0 Å². The average Bonchev–Trinajstić information content (AvgIpc) is 2.83. The van der Waals surface area contributed by atoms with E-state index < -0.39 is 0 Å². The average molecular weight is 297 g/mol. The molecule has 1 heterocycles. The second kappa shape index (κ2) is 5.14. The van der Waals surface area contributed by atoms with Crippen molar-refractivity contribution in [2.24, 2.45) is 0 Å². The minimum absolute atomic E-state index is 0.122. The lowest BCUT2D eigenvalue weighted by Crippen LogP contribution is -2.11. The van der Waals surface area contributed by atoms with Gasteiger partial charge in [-0.15, -0.1) is 0 Å². The maximum absolute atomic E-state index is 9.68. The number of ether oxygens (including phenoxy) is 1. The standard InChI is InChI=1S/C12H13BrN2O2/c1-17-11-7-9(6-10(13)12(11)16)8-14-15-4-2-3-5-15/h2-7,14,16H,8H2,1H3. The van der Waals surface area contributed by atoms with Gasteiger partial charge < -0.3 is 15.3 Å². The lowest BCUT2D eigenvalue weighted by molar-refractivity contribution is 0.371. The van der Waals surface area contributed by atoms with Crippen molar-refractivity contribution in [2.45, 2.75) is 6.54 Å². The smallest absolute Gasteiger partial charge is 0.172 e. The van der Waals surface area contributed by atoms with Crippen molar-refractivity contribution in [2.75, 3.05) is 12.5 Å². The first-order chi connectivity index (χ1) is 8.20. The van der Waals surface area contributed by atoms with Crippen LogP contribution < -0.4 is 10.2 Å². The molecule has 0 saturated carbocycles. The molecule has 2 aromatic rings. The molecule has 0 radical (unpaired) electrons. The molecule has 0 bridgehead atoms. The summed E-state index contributed by atoms with van der Waals surface area (Å²) in [6, 6.07) is 7.55. The van der Waals surface area contributed by atoms with Gasteiger partial charge >= 0.3 is 0 Å². The van der Waals surface area contributed by atoms with Gasteiger partial charge in [0.15, 0.2) is 11.5 Å². The van der Waals surface area contributed by atoms with Crippen LogP contribution in [0.15, 0.2) is 41.1 Å². The van der Waals surface area contributed by atoms with Gasteiger partial charge in [0.1, 0.15) is 0 Å². The van der Waals surface area contributed by atoms with Crippen LogP contribution >= 0.6 is 15.9 Å². The molecule has 2 N–H and O–H groups in total. The number of halogens is 1. The van der Waals surface area contributed by atoms with E-state index in [1.807, 2.05) is 35.3 Å². The lowest BCUT2D eigenvalue weighted by Gasteiger charge is -2.11. The van der Waals surface area contributed by atoms with E-state index in [1.165, 1.54) is 7.11 Å². The van der Waals surface area contributed by atoms with Crippen LogP contribution in [0.1, 0.15) is 5.56 Å². The zero-order valence-electron chi connectivity index (χ0n) is 9.35. The Morgan fingerprint density at radius 2 is 2.06 bits per heavy atom. The Kier molecular flexibility index (Phi) is 3.58. The van der Waals surface area contributed by atoms with Crippen molar-refractivity contribution in [1.29, 1.82) is 0 Å². The Balaban J connectivity index is 2.13. The highest BCUT2D eigenvalue weighted by Gasteiger charge is 2.08. The number of phenols is 1. The van der Waals surface area contributed by atoms with Crippen LogP contribution in [-0.2, 0) is 6.54 Å². The number of hydrogen-bond acceptors (Lipinski definition) is 3. The number of nitrogens with one attached hydrogen (secondary N) is 1. The molecule has 1 aromatic heterocycles. The van der Waals surface area contributed by atoms with Crippen molar-refractivity contribution in [3.8, 4) is 11.5 Å². The molecule has 1 aromatic carbocycles. The molecule has 4 nitrogen and oxygen atoms in total. The largest absolute Gasteiger partial charge is 0.503 e. The van der Waals surface area contributed by atoms with Gasteiger partial charge in [-0.05, 0) is 45.8 Å². The van der Waals surface area contributed by atoms with E-state index >= 15 is 0 Å². The van der Waals surface area contributed by atoms with Gasteiger partial charge in [0.05, 0.1) is 18.1 Å². The van der Waals surface area contributed by atoms with Gasteiger partial charge in [0.25, 0.3) is 0 Å². The highest BCUT2D eigenvalue weighted by atomic mass is 79.9. The number of methoxy groups -OCH3 is 1. The summed E-state index contributed by atoms with van der Waals surface area (Å²) in [6.07, 6.45) is 3.85. The Hall–Kier alpha value is -1.62. The summed E-state index contributed by atoms with van der Waals surface area (Å²) in [4.78, 5) is 0. The summed E-state index contributed by atoms with van der Waals surface area (Å²) >= 11 is 3.29. The molecule has 90 valence electrons. The van der Waals surface area contributed by atoms with E-state index in [0.29, 0.717) is 16.8 Å². The van der Waals surface area contributed by atoms with E-state index in [1.54, 1.807) is 6.07 Å². The Bertz CT molecular complexity index is 497. The molecule has 0 unspecified atom stereocenters. The molecule has 17 heavy (non-hydrogen) atoms. The minimum atomic E-state index is 0.122. The molecule has 5 heteroatoms. The first kappa shape index (κ1) is 11.9. The monoisotopic (exact) mass is 296 g/mol. The second-order valence-electron chi connectivity index (χ2n) is 3.55. The second-order valence-corrected chi connectivity index (χ2v) is 4.41. The molecule has 0 amide bonds. The van der Waals surface area contributed by atoms with Gasteiger partial charge in [-0.25, -0.2) is 0 Å². The predicted molar refractivity (Wildman–Crippen MR) is 69.9 cm³/mol. The summed E-state index contributed by atoms with van der Waals surface area (Å²) in [6.45, 7) is 0.643. The van der Waals surface area contributed by atoms with Crippen LogP contribution in [0.5, 0.6) is 11.5 Å². The number of benzene rings is 1. The molecule has 0 aliphatic carbocycles. The fourth-order valence-electron chi connectivity index (χ4n) is 1.51. The Labute approximate surface area is 108 Å². The molecule has 0 saturated heterocycles. The number of nitrogens with zero attached hydrogens (tertiary/aromatic N) is 1. The van der Waals surface area contributed by atoms with E-state index in [0.717, 1.165) is 5.56 Å². The van der Waals surface area contributed by atoms with E-state index in [9.17, 15) is 5.11 Å². The third-order valence-corrected chi connectivity index (χ3v) is 2.98. The van der Waals surface area contributed by atoms with Crippen LogP contribution in [0.3, 0.4) is 0 Å². The number of aromatic hydroxyl groups is 1. The highest BCUT2D eigenvalue weighted by molar-refractivity contribution is 9.10. The number of hydrogen-bond donors (Lipinski definition) is 2. The number of rotatable bonds is 4. The van der Waals surface area contributed by atoms with Crippen molar-refractivity contribution in [3.05, 3.63) is 46.7 Å². The number of aromatic nitrogens is 1. The van der Waals surface area contributed by atoms with E-state index in [-0.39, 0.29) is 5.75 Å². The third-order valence-electron chi connectivity index (χ3n) is 2.38. The van der Waals surface area contributed by atoms with E-state index in [2.05, 4.69) is 21.4 Å². The zero-order chi connectivity index (χ0) is 12.3. The minimum Gasteiger partial charge on any atom is -0.503 e. The molecular weight excluding hydrogens is 284 g/mol. The summed E-state index contributed by atoms with van der Waals surface area (Å²) in [7, 11) is 1.53. The molecule has 0 atom stereocenters. The maximum Gasteiger partial charge on any atom is 0.172 e. The summed E-state index contributed by atoms with van der Waals surface area (Å²) in [5.41, 5.74) is 4.21. The highest BCUT2D eigenvalue weighted by Crippen LogP contribution is 2.35. The topological polar surface area (TPSA) is 46.4 Å². The molecule has 0 fully saturated rings. The normalized spacial score (nSPS) is 10.2. The molecule has 0 spiro atoms. The molecule has 0 aliphatic rings. The fraction of sp³-hybridized carbons (Fsp3) is 0.167. The van der Waals surface area contributed by atoms with Crippen molar-refractivity contribution >= 4 is 15.9 Å². The first-order valence-electron chi connectivity index (χ1n) is 5.13. The predicted octanol–water partition coefficient (Wildman–Crippen LogP) is 2.71. The summed E-state index contributed by atoms with van der Waals surface area (Å²) in [5.74, 6) is 0.584. The SMILES string of the molecule is COc1cc(CNn2cccc2)cc(Br)c1O. The fourth-order valence-corrected chi connectivity index (χ4v) is 2.00. The van der Waals surface area contributed by atoms with Crippen LogP contribution in [0, 0.1) is 0 Å².